The van der Waals surface area contributed by atoms with Crippen molar-refractivity contribution in [3.8, 4) is 0 Å². The molecule has 0 saturated carbocycles. The lowest BCUT2D eigenvalue weighted by molar-refractivity contribution is -0.127. The third-order valence-electron chi connectivity index (χ3n) is 6.14. The second kappa shape index (κ2) is 9.89. The second-order valence-electron chi connectivity index (χ2n) is 8.12. The molecule has 4 rings (SSSR count). The number of hydrogen-bond donors (Lipinski definition) is 1. The molecule has 154 valence electrons. The Kier molecular flexibility index (Phi) is 6.79. The predicted octanol–water partition coefficient (Wildman–Crippen LogP) is 1.86. The van der Waals surface area contributed by atoms with Gasteiger partial charge < -0.3 is 5.32 Å². The average molecular weight is 395 g/mol. The van der Waals surface area contributed by atoms with Crippen molar-refractivity contribution in [1.82, 2.24) is 30.1 Å². The molecule has 29 heavy (non-hydrogen) atoms. The van der Waals surface area contributed by atoms with Gasteiger partial charge in [-0.1, -0.05) is 0 Å². The van der Waals surface area contributed by atoms with E-state index < -0.39 is 0 Å². The number of nitrogens with one attached hydrogen (secondary N) is 1. The summed E-state index contributed by atoms with van der Waals surface area (Å²) in [6.07, 6.45) is 11.4. The maximum Gasteiger partial charge on any atom is 0.224 e. The van der Waals surface area contributed by atoms with Gasteiger partial charge in [-0.3, -0.25) is 19.6 Å². The quantitative estimate of drug-likeness (QED) is 0.806. The summed E-state index contributed by atoms with van der Waals surface area (Å²) in [5, 5.41) is 3.06. The number of pyridine rings is 1. The van der Waals surface area contributed by atoms with Crippen LogP contribution in [0.25, 0.3) is 0 Å². The van der Waals surface area contributed by atoms with Crippen molar-refractivity contribution in [3.63, 3.8) is 0 Å². The SMILES string of the molecule is O=C(NCc1ccncn1)C1CCCN(C2CCN(Cc3ccncc3)CC2)C1. The van der Waals surface area contributed by atoms with Crippen LogP contribution in [0.1, 0.15) is 36.9 Å². The Morgan fingerprint density at radius 3 is 2.59 bits per heavy atom. The van der Waals surface area contributed by atoms with Crippen LogP contribution in [0.5, 0.6) is 0 Å². The van der Waals surface area contributed by atoms with E-state index in [-0.39, 0.29) is 11.8 Å². The van der Waals surface area contributed by atoms with Crippen molar-refractivity contribution < 1.29 is 4.79 Å². The lowest BCUT2D eigenvalue weighted by atomic mass is 9.93. The number of carbonyl (C=O) groups excluding carboxylic acids is 1. The van der Waals surface area contributed by atoms with Crippen LogP contribution in [-0.4, -0.2) is 62.9 Å². The maximum absolute atomic E-state index is 12.7. The fourth-order valence-electron chi connectivity index (χ4n) is 4.49. The fraction of sp³-hybridized carbons (Fsp3) is 0.545. The van der Waals surface area contributed by atoms with E-state index in [4.69, 9.17) is 0 Å². The number of rotatable bonds is 6. The molecule has 0 aliphatic carbocycles. The van der Waals surface area contributed by atoms with Crippen molar-refractivity contribution in [2.24, 2.45) is 5.92 Å². The molecule has 1 unspecified atom stereocenters. The minimum absolute atomic E-state index is 0.0837. The highest BCUT2D eigenvalue weighted by Gasteiger charge is 2.31. The molecular weight excluding hydrogens is 364 g/mol. The molecule has 7 nitrogen and oxygen atoms in total. The van der Waals surface area contributed by atoms with Gasteiger partial charge in [0.15, 0.2) is 0 Å². The molecule has 2 aliphatic rings. The van der Waals surface area contributed by atoms with Gasteiger partial charge in [0, 0.05) is 37.7 Å². The minimum Gasteiger partial charge on any atom is -0.350 e. The maximum atomic E-state index is 12.7. The van der Waals surface area contributed by atoms with Crippen molar-refractivity contribution >= 4 is 5.91 Å². The number of piperidine rings is 2. The normalized spacial score (nSPS) is 21.7. The molecule has 0 bridgehead atoms. The Morgan fingerprint density at radius 2 is 1.83 bits per heavy atom. The summed E-state index contributed by atoms with van der Waals surface area (Å²) >= 11 is 0. The van der Waals surface area contributed by atoms with Crippen molar-refractivity contribution in [2.45, 2.75) is 44.8 Å². The first-order chi connectivity index (χ1) is 14.3. The first kappa shape index (κ1) is 19.9. The van der Waals surface area contributed by atoms with Crippen LogP contribution in [0.15, 0.2) is 43.1 Å². The summed E-state index contributed by atoms with van der Waals surface area (Å²) in [7, 11) is 0. The molecular formula is C22H30N6O. The Morgan fingerprint density at radius 1 is 1.03 bits per heavy atom. The molecule has 4 heterocycles. The van der Waals surface area contributed by atoms with E-state index in [1.54, 1.807) is 6.20 Å². The van der Waals surface area contributed by atoms with Gasteiger partial charge in [-0.25, -0.2) is 9.97 Å². The average Bonchev–Trinajstić information content (AvgIpc) is 2.79. The highest BCUT2D eigenvalue weighted by Crippen LogP contribution is 2.24. The monoisotopic (exact) mass is 394 g/mol. The zero-order valence-corrected chi connectivity index (χ0v) is 16.9. The Bertz CT molecular complexity index is 763. The Balaban J connectivity index is 1.23. The van der Waals surface area contributed by atoms with E-state index >= 15 is 0 Å². The van der Waals surface area contributed by atoms with E-state index in [9.17, 15) is 4.79 Å². The van der Waals surface area contributed by atoms with Gasteiger partial charge in [-0.2, -0.15) is 0 Å². The van der Waals surface area contributed by atoms with Gasteiger partial charge >= 0.3 is 0 Å². The Hall–Kier alpha value is -2.38. The summed E-state index contributed by atoms with van der Waals surface area (Å²) in [6.45, 7) is 5.71. The number of aromatic nitrogens is 3. The molecule has 0 aromatic carbocycles. The standard InChI is InChI=1S/C22H30N6O/c29-22(25-14-20-5-10-24-17-26-20)19-2-1-11-28(16-19)21-6-12-27(13-7-21)15-18-3-8-23-9-4-18/h3-5,8-10,17,19,21H,1-2,6-7,11-16H2,(H,25,29). The molecule has 0 spiro atoms. The van der Waals surface area contributed by atoms with Crippen molar-refractivity contribution in [1.29, 1.82) is 0 Å². The number of nitrogens with zero attached hydrogens (tertiary/aromatic N) is 5. The number of amides is 1. The molecule has 0 radical (unpaired) electrons. The molecule has 2 aliphatic heterocycles. The minimum atomic E-state index is 0.0837. The summed E-state index contributed by atoms with van der Waals surface area (Å²) in [6, 6.07) is 6.64. The summed E-state index contributed by atoms with van der Waals surface area (Å²) < 4.78 is 0. The number of hydrogen-bond acceptors (Lipinski definition) is 6. The van der Waals surface area contributed by atoms with Crippen LogP contribution in [0.4, 0.5) is 0 Å². The second-order valence-corrected chi connectivity index (χ2v) is 8.12. The molecule has 2 fully saturated rings. The number of carbonyl (C=O) groups is 1. The molecule has 7 heteroatoms. The van der Waals surface area contributed by atoms with Crippen molar-refractivity contribution in [3.05, 3.63) is 54.4 Å². The topological polar surface area (TPSA) is 74.2 Å². The zero-order chi connectivity index (χ0) is 19.9. The molecule has 1 amide bonds. The lowest BCUT2D eigenvalue weighted by Crippen LogP contribution is -2.50. The molecule has 1 N–H and O–H groups in total. The van der Waals surface area contributed by atoms with Gasteiger partial charge in [0.05, 0.1) is 18.2 Å². The summed E-state index contributed by atoms with van der Waals surface area (Å²) in [5.74, 6) is 0.240. The van der Waals surface area contributed by atoms with Crippen LogP contribution < -0.4 is 5.32 Å². The van der Waals surface area contributed by atoms with Crippen LogP contribution >= 0.6 is 0 Å². The van der Waals surface area contributed by atoms with Gasteiger partial charge in [-0.15, -0.1) is 0 Å². The van der Waals surface area contributed by atoms with E-state index in [1.165, 1.54) is 24.7 Å². The van der Waals surface area contributed by atoms with Crippen molar-refractivity contribution in [2.75, 3.05) is 26.2 Å². The van der Waals surface area contributed by atoms with Crippen LogP contribution in [-0.2, 0) is 17.9 Å². The molecule has 2 saturated heterocycles. The lowest BCUT2D eigenvalue weighted by Gasteiger charge is -2.42. The highest BCUT2D eigenvalue weighted by atomic mass is 16.1. The first-order valence-corrected chi connectivity index (χ1v) is 10.7. The van der Waals surface area contributed by atoms with Gasteiger partial charge in [0.25, 0.3) is 0 Å². The van der Waals surface area contributed by atoms with E-state index in [0.29, 0.717) is 12.6 Å². The zero-order valence-electron chi connectivity index (χ0n) is 16.9. The first-order valence-electron chi connectivity index (χ1n) is 10.7. The summed E-state index contributed by atoms with van der Waals surface area (Å²) in [4.78, 5) is 29.9. The highest BCUT2D eigenvalue weighted by molar-refractivity contribution is 5.78. The molecule has 1 atom stereocenters. The largest absolute Gasteiger partial charge is 0.350 e. The third-order valence-corrected chi connectivity index (χ3v) is 6.14. The van der Waals surface area contributed by atoms with Gasteiger partial charge in [0.2, 0.25) is 5.91 Å². The number of likely N-dealkylation sites (tertiary alicyclic amines) is 2. The Labute approximate surface area is 172 Å². The van der Waals surface area contributed by atoms with E-state index in [0.717, 1.165) is 51.3 Å². The van der Waals surface area contributed by atoms with Gasteiger partial charge in [0.1, 0.15) is 6.33 Å². The van der Waals surface area contributed by atoms with Crippen LogP contribution in [0.3, 0.4) is 0 Å². The fourth-order valence-corrected chi connectivity index (χ4v) is 4.49. The van der Waals surface area contributed by atoms with E-state index in [2.05, 4.69) is 42.2 Å². The van der Waals surface area contributed by atoms with Gasteiger partial charge in [-0.05, 0) is 69.1 Å². The third kappa shape index (κ3) is 5.58. The smallest absolute Gasteiger partial charge is 0.224 e. The van der Waals surface area contributed by atoms with E-state index in [1.807, 2.05) is 18.5 Å². The van der Waals surface area contributed by atoms with Crippen LogP contribution in [0, 0.1) is 5.92 Å². The predicted molar refractivity (Wildman–Crippen MR) is 111 cm³/mol. The molecule has 2 aromatic heterocycles. The summed E-state index contributed by atoms with van der Waals surface area (Å²) in [5.41, 5.74) is 2.18. The van der Waals surface area contributed by atoms with Crippen LogP contribution in [0.2, 0.25) is 0 Å². The molecule has 2 aromatic rings.